The van der Waals surface area contributed by atoms with E-state index >= 15 is 0 Å². The van der Waals surface area contributed by atoms with E-state index in [1.54, 1.807) is 24.5 Å². The molecule has 0 spiro atoms. The van der Waals surface area contributed by atoms with Gasteiger partial charge in [-0.25, -0.2) is 0 Å². The third-order valence-corrected chi connectivity index (χ3v) is 9.32. The maximum absolute atomic E-state index is 14.1. The van der Waals surface area contributed by atoms with Gasteiger partial charge in [0.05, 0.1) is 7.11 Å². The van der Waals surface area contributed by atoms with Crippen molar-refractivity contribution in [2.75, 3.05) is 59.6 Å². The van der Waals surface area contributed by atoms with Gasteiger partial charge < -0.3 is 14.2 Å². The Kier molecular flexibility index (Phi) is 8.85. The first-order valence-corrected chi connectivity index (χ1v) is 15.6. The molecule has 6 rings (SSSR count). The highest BCUT2D eigenvalue weighted by molar-refractivity contribution is 7.22. The predicted molar refractivity (Wildman–Crippen MR) is 166 cm³/mol. The van der Waals surface area contributed by atoms with Gasteiger partial charge in [-0.3, -0.25) is 14.6 Å². The average molecular weight is 571 g/mol. The Morgan fingerprint density at radius 3 is 2.12 bits per heavy atom. The number of hydrogen-bond acceptors (Lipinski definition) is 7. The molecule has 7 heteroatoms. The Bertz CT molecular complexity index is 1470. The summed E-state index contributed by atoms with van der Waals surface area (Å²) in [4.78, 5) is 19.9. The van der Waals surface area contributed by atoms with Gasteiger partial charge in [0.1, 0.15) is 19.0 Å². The average Bonchev–Trinajstić information content (AvgIpc) is 3.79. The van der Waals surface area contributed by atoms with Gasteiger partial charge in [-0.2, -0.15) is 0 Å². The van der Waals surface area contributed by atoms with Crippen molar-refractivity contribution in [3.8, 4) is 27.7 Å². The lowest BCUT2D eigenvalue weighted by molar-refractivity contribution is 0.104. The van der Waals surface area contributed by atoms with Crippen LogP contribution in [0.15, 0.2) is 66.7 Å². The standard InChI is InChI=1S/C34H38N2O4S/c1-38-30-24-26(12-15-29(30)40-23-21-36-18-6-7-19-36)33(37)32-28-8-2-3-9-31(28)41-34(32)25-10-13-27(14-11-25)39-22-20-35-16-4-5-17-35/h2-3,8-15,24H,4-7,16-23H2,1H3. The van der Waals surface area contributed by atoms with E-state index in [-0.39, 0.29) is 5.78 Å². The second kappa shape index (κ2) is 13.1. The summed E-state index contributed by atoms with van der Waals surface area (Å²) >= 11 is 1.65. The van der Waals surface area contributed by atoms with Crippen molar-refractivity contribution in [3.05, 3.63) is 77.9 Å². The lowest BCUT2D eigenvalue weighted by Gasteiger charge is -2.16. The van der Waals surface area contributed by atoms with Crippen LogP contribution in [0.2, 0.25) is 0 Å². The highest BCUT2D eigenvalue weighted by Crippen LogP contribution is 2.41. The number of thiophene rings is 1. The second-order valence-electron chi connectivity index (χ2n) is 10.8. The number of likely N-dealkylation sites (tertiary alicyclic amines) is 2. The minimum Gasteiger partial charge on any atom is -0.493 e. The summed E-state index contributed by atoms with van der Waals surface area (Å²) in [7, 11) is 1.62. The number of hydrogen-bond donors (Lipinski definition) is 0. The lowest BCUT2D eigenvalue weighted by Crippen LogP contribution is -2.25. The first-order valence-electron chi connectivity index (χ1n) is 14.7. The van der Waals surface area contributed by atoms with Crippen molar-refractivity contribution in [3.63, 3.8) is 0 Å². The molecule has 2 fully saturated rings. The van der Waals surface area contributed by atoms with E-state index in [0.29, 0.717) is 30.3 Å². The fourth-order valence-corrected chi connectivity index (χ4v) is 7.04. The van der Waals surface area contributed by atoms with Crippen LogP contribution < -0.4 is 14.2 Å². The van der Waals surface area contributed by atoms with Crippen LogP contribution in [0.1, 0.15) is 41.6 Å². The van der Waals surface area contributed by atoms with Gasteiger partial charge in [-0.05, 0) is 106 Å². The summed E-state index contributed by atoms with van der Waals surface area (Å²) in [6.45, 7) is 7.76. The van der Waals surface area contributed by atoms with Crippen molar-refractivity contribution < 1.29 is 19.0 Å². The first-order chi connectivity index (χ1) is 20.2. The summed E-state index contributed by atoms with van der Waals surface area (Å²) in [5.41, 5.74) is 2.31. The summed E-state index contributed by atoms with van der Waals surface area (Å²) < 4.78 is 18.8. The smallest absolute Gasteiger partial charge is 0.195 e. The van der Waals surface area contributed by atoms with Crippen LogP contribution in [0.3, 0.4) is 0 Å². The minimum atomic E-state index is -0.0229. The van der Waals surface area contributed by atoms with Gasteiger partial charge in [0.15, 0.2) is 17.3 Å². The van der Waals surface area contributed by atoms with Crippen LogP contribution in [0.4, 0.5) is 0 Å². The van der Waals surface area contributed by atoms with Crippen molar-refractivity contribution >= 4 is 27.2 Å². The van der Waals surface area contributed by atoms with Crippen LogP contribution in [-0.2, 0) is 0 Å². The molecule has 4 aromatic rings. The topological polar surface area (TPSA) is 51.2 Å². The zero-order valence-corrected chi connectivity index (χ0v) is 24.6. The van der Waals surface area contributed by atoms with Crippen molar-refractivity contribution in [2.24, 2.45) is 0 Å². The molecule has 0 N–H and O–H groups in total. The molecule has 3 aromatic carbocycles. The quantitative estimate of drug-likeness (QED) is 0.176. The van der Waals surface area contributed by atoms with E-state index < -0.39 is 0 Å². The highest BCUT2D eigenvalue weighted by atomic mass is 32.1. The number of ether oxygens (including phenoxy) is 3. The molecule has 0 bridgehead atoms. The second-order valence-corrected chi connectivity index (χ2v) is 11.9. The fraction of sp³-hybridized carbons (Fsp3) is 0.382. The number of carbonyl (C=O) groups excluding carboxylic acids is 1. The molecule has 3 heterocycles. The zero-order valence-electron chi connectivity index (χ0n) is 23.8. The molecule has 0 atom stereocenters. The first kappa shape index (κ1) is 27.8. The molecular weight excluding hydrogens is 532 g/mol. The maximum Gasteiger partial charge on any atom is 0.195 e. The summed E-state index contributed by atoms with van der Waals surface area (Å²) in [5.74, 6) is 2.07. The Hall–Kier alpha value is -3.39. The van der Waals surface area contributed by atoms with Gasteiger partial charge >= 0.3 is 0 Å². The van der Waals surface area contributed by atoms with Crippen LogP contribution in [0.25, 0.3) is 20.5 Å². The molecule has 0 saturated carbocycles. The van der Waals surface area contributed by atoms with Crippen molar-refractivity contribution in [2.45, 2.75) is 25.7 Å². The Labute approximate surface area is 246 Å². The van der Waals surface area contributed by atoms with Gasteiger partial charge in [0, 0.05) is 39.2 Å². The number of ketones is 1. The van der Waals surface area contributed by atoms with Crippen LogP contribution >= 0.6 is 11.3 Å². The third-order valence-electron chi connectivity index (χ3n) is 8.10. The highest BCUT2D eigenvalue weighted by Gasteiger charge is 2.23. The summed E-state index contributed by atoms with van der Waals surface area (Å²) in [6.07, 6.45) is 5.09. The molecule has 41 heavy (non-hydrogen) atoms. The Morgan fingerprint density at radius 1 is 0.780 bits per heavy atom. The van der Waals surface area contributed by atoms with Crippen LogP contribution in [0.5, 0.6) is 17.2 Å². The molecule has 2 aliphatic heterocycles. The monoisotopic (exact) mass is 570 g/mol. The molecule has 6 nitrogen and oxygen atoms in total. The molecule has 1 aromatic heterocycles. The number of nitrogens with zero attached hydrogens (tertiary/aromatic N) is 2. The van der Waals surface area contributed by atoms with E-state index in [1.807, 2.05) is 42.5 Å². The third kappa shape index (κ3) is 6.43. The normalized spacial score (nSPS) is 15.9. The number of fused-ring (bicyclic) bond motifs is 1. The molecule has 2 aliphatic rings. The van der Waals surface area contributed by atoms with Crippen molar-refractivity contribution in [1.82, 2.24) is 9.80 Å². The summed E-state index contributed by atoms with van der Waals surface area (Å²) in [5, 5.41) is 0.966. The molecule has 0 unspecified atom stereocenters. The Morgan fingerprint density at radius 2 is 1.44 bits per heavy atom. The molecule has 2 saturated heterocycles. The van der Waals surface area contributed by atoms with Gasteiger partial charge in [0.2, 0.25) is 0 Å². The Balaban J connectivity index is 1.21. The van der Waals surface area contributed by atoms with E-state index in [1.165, 1.54) is 38.8 Å². The predicted octanol–water partition coefficient (Wildman–Crippen LogP) is 6.76. The van der Waals surface area contributed by atoms with Crippen LogP contribution in [0, 0.1) is 0 Å². The van der Waals surface area contributed by atoms with Crippen molar-refractivity contribution in [1.29, 1.82) is 0 Å². The van der Waals surface area contributed by atoms with Gasteiger partial charge in [-0.1, -0.05) is 18.2 Å². The molecule has 0 amide bonds. The van der Waals surface area contributed by atoms with E-state index in [9.17, 15) is 4.79 Å². The molecule has 214 valence electrons. The number of methoxy groups -OCH3 is 1. The van der Waals surface area contributed by atoms with E-state index in [0.717, 1.165) is 58.0 Å². The minimum absolute atomic E-state index is 0.0229. The molecule has 0 radical (unpaired) electrons. The van der Waals surface area contributed by atoms with Gasteiger partial charge in [-0.15, -0.1) is 11.3 Å². The molecule has 0 aliphatic carbocycles. The lowest BCUT2D eigenvalue weighted by atomic mass is 9.97. The number of benzene rings is 3. The fourth-order valence-electron chi connectivity index (χ4n) is 5.84. The van der Waals surface area contributed by atoms with E-state index in [4.69, 9.17) is 14.2 Å². The SMILES string of the molecule is COc1cc(C(=O)c2c(-c3ccc(OCCN4CCCC4)cc3)sc3ccccc23)ccc1OCCN1CCCC1. The largest absolute Gasteiger partial charge is 0.493 e. The number of rotatable bonds is 12. The van der Waals surface area contributed by atoms with E-state index in [2.05, 4.69) is 28.0 Å². The van der Waals surface area contributed by atoms with Gasteiger partial charge in [0.25, 0.3) is 0 Å². The molecular formula is C34H38N2O4S. The van der Waals surface area contributed by atoms with Crippen LogP contribution in [-0.4, -0.2) is 75.2 Å². The number of carbonyl (C=O) groups is 1. The summed E-state index contributed by atoms with van der Waals surface area (Å²) in [6, 6.07) is 21.8. The maximum atomic E-state index is 14.1. The zero-order chi connectivity index (χ0) is 28.0.